The van der Waals surface area contributed by atoms with E-state index in [0.717, 1.165) is 17.8 Å². The maximum Gasteiger partial charge on any atom is -0.0388 e. The van der Waals surface area contributed by atoms with E-state index in [9.17, 15) is 0 Å². The zero-order valence-electron chi connectivity index (χ0n) is 6.85. The first-order chi connectivity index (χ1) is 4.25. The van der Waals surface area contributed by atoms with Crippen molar-refractivity contribution in [3.63, 3.8) is 0 Å². The average Bonchev–Trinajstić information content (AvgIpc) is 2.15. The Bertz CT molecular complexity index is 86.0. The zero-order chi connectivity index (χ0) is 6.85. The van der Waals surface area contributed by atoms with Gasteiger partial charge in [-0.05, 0) is 24.2 Å². The summed E-state index contributed by atoms with van der Waals surface area (Å²) in [5.74, 6) is 3.03. The molecule has 0 bridgehead atoms. The van der Waals surface area contributed by atoms with E-state index in [0.29, 0.717) is 0 Å². The maximum atomic E-state index is 2.41. The van der Waals surface area contributed by atoms with Gasteiger partial charge in [0.2, 0.25) is 0 Å². The molecule has 0 unspecified atom stereocenters. The van der Waals surface area contributed by atoms with E-state index >= 15 is 0 Å². The minimum Gasteiger partial charge on any atom is -0.0651 e. The van der Waals surface area contributed by atoms with Gasteiger partial charge < -0.3 is 0 Å². The van der Waals surface area contributed by atoms with Crippen molar-refractivity contribution >= 4 is 0 Å². The lowest BCUT2D eigenvalue weighted by molar-refractivity contribution is 0.349. The number of hydrogen-bond donors (Lipinski definition) is 0. The summed E-state index contributed by atoms with van der Waals surface area (Å²) in [7, 11) is 0. The Morgan fingerprint density at radius 3 is 2.11 bits per heavy atom. The van der Waals surface area contributed by atoms with Crippen molar-refractivity contribution in [2.45, 2.75) is 40.0 Å². The predicted octanol–water partition coefficient (Wildman–Crippen LogP) is 3.08. The van der Waals surface area contributed by atoms with Gasteiger partial charge in [-0.25, -0.2) is 0 Å². The molecule has 0 aromatic carbocycles. The van der Waals surface area contributed by atoms with Crippen LogP contribution in [0, 0.1) is 17.8 Å². The van der Waals surface area contributed by atoms with Gasteiger partial charge in [0.1, 0.15) is 0 Å². The Morgan fingerprint density at radius 2 is 1.89 bits per heavy atom. The molecule has 0 N–H and O–H groups in total. The normalized spacial score (nSPS) is 43.7. The number of hydrogen-bond acceptors (Lipinski definition) is 0. The maximum absolute atomic E-state index is 2.41. The highest BCUT2D eigenvalue weighted by Gasteiger charge is 2.27. The van der Waals surface area contributed by atoms with E-state index in [1.165, 1.54) is 19.3 Å². The minimum atomic E-state index is 0.995. The van der Waals surface area contributed by atoms with E-state index in [1.807, 2.05) is 0 Å². The zero-order valence-corrected chi connectivity index (χ0v) is 6.85. The summed E-state index contributed by atoms with van der Waals surface area (Å²) in [5, 5.41) is 0. The van der Waals surface area contributed by atoms with Crippen molar-refractivity contribution < 1.29 is 0 Å². The molecule has 1 rings (SSSR count). The summed E-state index contributed by atoms with van der Waals surface area (Å²) >= 11 is 0. The van der Waals surface area contributed by atoms with E-state index in [-0.39, 0.29) is 0 Å². The molecule has 0 heteroatoms. The Labute approximate surface area is 58.7 Å². The first-order valence-corrected chi connectivity index (χ1v) is 4.25. The molecule has 1 aliphatic rings. The highest BCUT2D eigenvalue weighted by Crippen LogP contribution is 2.37. The predicted molar refractivity (Wildman–Crippen MR) is 41.3 cm³/mol. The smallest absolute Gasteiger partial charge is 0.0388 e. The van der Waals surface area contributed by atoms with Crippen LogP contribution in [0.25, 0.3) is 0 Å². The molecule has 0 aliphatic heterocycles. The summed E-state index contributed by atoms with van der Waals surface area (Å²) in [6, 6.07) is 0. The second-order valence-corrected chi connectivity index (χ2v) is 3.58. The monoisotopic (exact) mass is 126 g/mol. The molecule has 0 nitrogen and oxygen atoms in total. The third kappa shape index (κ3) is 1.28. The fourth-order valence-electron chi connectivity index (χ4n) is 2.04. The van der Waals surface area contributed by atoms with Crippen molar-refractivity contribution in [3.05, 3.63) is 0 Å². The SMILES string of the molecule is CC[C@@H]1CC[C@@H](C)[C@H]1C. The topological polar surface area (TPSA) is 0 Å². The first kappa shape index (κ1) is 7.11. The van der Waals surface area contributed by atoms with Crippen LogP contribution in [0.4, 0.5) is 0 Å². The largest absolute Gasteiger partial charge is 0.0651 e. The van der Waals surface area contributed by atoms with Crippen molar-refractivity contribution in [2.75, 3.05) is 0 Å². The van der Waals surface area contributed by atoms with E-state index in [4.69, 9.17) is 0 Å². The Hall–Kier alpha value is 0. The van der Waals surface area contributed by atoms with Gasteiger partial charge in [0.15, 0.2) is 0 Å². The Morgan fingerprint density at radius 1 is 1.22 bits per heavy atom. The molecule has 0 radical (unpaired) electrons. The fourth-order valence-corrected chi connectivity index (χ4v) is 2.04. The molecule has 0 amide bonds. The molecule has 0 heterocycles. The van der Waals surface area contributed by atoms with Crippen molar-refractivity contribution in [2.24, 2.45) is 17.8 Å². The van der Waals surface area contributed by atoms with E-state index in [2.05, 4.69) is 20.8 Å². The van der Waals surface area contributed by atoms with Crippen LogP contribution in [-0.4, -0.2) is 0 Å². The molecule has 0 spiro atoms. The molecule has 1 aliphatic carbocycles. The quantitative estimate of drug-likeness (QED) is 0.506. The summed E-state index contributed by atoms with van der Waals surface area (Å²) in [6.07, 6.45) is 4.35. The van der Waals surface area contributed by atoms with Gasteiger partial charge in [0.25, 0.3) is 0 Å². The second-order valence-electron chi connectivity index (χ2n) is 3.58. The van der Waals surface area contributed by atoms with E-state index < -0.39 is 0 Å². The van der Waals surface area contributed by atoms with Crippen LogP contribution in [-0.2, 0) is 0 Å². The van der Waals surface area contributed by atoms with Crippen LogP contribution >= 0.6 is 0 Å². The van der Waals surface area contributed by atoms with Crippen molar-refractivity contribution in [1.29, 1.82) is 0 Å². The fraction of sp³-hybridized carbons (Fsp3) is 1.00. The van der Waals surface area contributed by atoms with Gasteiger partial charge in [0.05, 0.1) is 0 Å². The highest BCUT2D eigenvalue weighted by atomic mass is 14.3. The molecule has 3 atom stereocenters. The molecule has 0 aromatic rings. The number of rotatable bonds is 1. The van der Waals surface area contributed by atoms with Crippen molar-refractivity contribution in [1.82, 2.24) is 0 Å². The summed E-state index contributed by atoms with van der Waals surface area (Å²) in [4.78, 5) is 0. The Kier molecular flexibility index (Phi) is 2.15. The molecule has 1 saturated carbocycles. The highest BCUT2D eigenvalue weighted by molar-refractivity contribution is 4.78. The van der Waals surface area contributed by atoms with Crippen molar-refractivity contribution in [3.8, 4) is 0 Å². The summed E-state index contributed by atoms with van der Waals surface area (Å²) < 4.78 is 0. The standard InChI is InChI=1S/C9H18/c1-4-9-6-5-7(2)8(9)3/h7-9H,4-6H2,1-3H3/t7-,8-,9-/m1/s1. The Balaban J connectivity index is 2.41. The lowest BCUT2D eigenvalue weighted by Gasteiger charge is -2.15. The molecule has 9 heavy (non-hydrogen) atoms. The van der Waals surface area contributed by atoms with Gasteiger partial charge >= 0.3 is 0 Å². The van der Waals surface area contributed by atoms with Crippen LogP contribution in [0.3, 0.4) is 0 Å². The molecular weight excluding hydrogens is 108 g/mol. The van der Waals surface area contributed by atoms with Crippen LogP contribution in [0.5, 0.6) is 0 Å². The third-order valence-electron chi connectivity index (χ3n) is 3.16. The summed E-state index contributed by atoms with van der Waals surface area (Å²) in [6.45, 7) is 7.12. The van der Waals surface area contributed by atoms with Crippen LogP contribution in [0.2, 0.25) is 0 Å². The van der Waals surface area contributed by atoms with Gasteiger partial charge in [-0.3, -0.25) is 0 Å². The molecule has 0 aromatic heterocycles. The van der Waals surface area contributed by atoms with Crippen LogP contribution < -0.4 is 0 Å². The first-order valence-electron chi connectivity index (χ1n) is 4.25. The van der Waals surface area contributed by atoms with Gasteiger partial charge in [-0.2, -0.15) is 0 Å². The molecule has 0 saturated heterocycles. The van der Waals surface area contributed by atoms with Gasteiger partial charge in [0, 0.05) is 0 Å². The average molecular weight is 126 g/mol. The lowest BCUT2D eigenvalue weighted by Crippen LogP contribution is -2.07. The molecular formula is C9H18. The molecule has 54 valence electrons. The summed E-state index contributed by atoms with van der Waals surface area (Å²) in [5.41, 5.74) is 0. The van der Waals surface area contributed by atoms with Crippen LogP contribution in [0.1, 0.15) is 40.0 Å². The second kappa shape index (κ2) is 2.72. The van der Waals surface area contributed by atoms with Gasteiger partial charge in [-0.15, -0.1) is 0 Å². The van der Waals surface area contributed by atoms with Gasteiger partial charge in [-0.1, -0.05) is 33.6 Å². The minimum absolute atomic E-state index is 0.995. The third-order valence-corrected chi connectivity index (χ3v) is 3.16. The van der Waals surface area contributed by atoms with Crippen LogP contribution in [0.15, 0.2) is 0 Å². The van der Waals surface area contributed by atoms with E-state index in [1.54, 1.807) is 0 Å². The lowest BCUT2D eigenvalue weighted by atomic mass is 9.91. The molecule has 1 fully saturated rings.